The molecule has 1 saturated heterocycles. The van der Waals surface area contributed by atoms with Crippen molar-refractivity contribution in [1.82, 2.24) is 4.90 Å². The molecule has 0 amide bonds. The lowest BCUT2D eigenvalue weighted by atomic mass is 10.0. The van der Waals surface area contributed by atoms with Gasteiger partial charge in [-0.1, -0.05) is 6.07 Å². The summed E-state index contributed by atoms with van der Waals surface area (Å²) in [6.07, 6.45) is 0. The van der Waals surface area contributed by atoms with Gasteiger partial charge in [0.25, 0.3) is 0 Å². The standard InChI is InChI=1S/C16H27N3O/c1-16(2,3)19-9-7-18(8-10-19)15-11-14(20-4)6-5-13(15)12-17/h5-6,11H,7-10,12,17H2,1-4H3. The number of hydrogen-bond donors (Lipinski definition) is 1. The molecule has 0 bridgehead atoms. The average Bonchev–Trinajstić information content (AvgIpc) is 2.45. The summed E-state index contributed by atoms with van der Waals surface area (Å²) in [6, 6.07) is 6.16. The Bertz CT molecular complexity index is 446. The van der Waals surface area contributed by atoms with Crippen molar-refractivity contribution in [3.63, 3.8) is 0 Å². The van der Waals surface area contributed by atoms with Gasteiger partial charge in [0.1, 0.15) is 5.75 Å². The van der Waals surface area contributed by atoms with Crippen LogP contribution in [0.2, 0.25) is 0 Å². The fraction of sp³-hybridized carbons (Fsp3) is 0.625. The van der Waals surface area contributed by atoms with Gasteiger partial charge in [-0.2, -0.15) is 0 Å². The van der Waals surface area contributed by atoms with Gasteiger partial charge in [0, 0.05) is 50.0 Å². The molecule has 4 heteroatoms. The fourth-order valence-electron chi connectivity index (χ4n) is 2.76. The van der Waals surface area contributed by atoms with Crippen LogP contribution in [0.5, 0.6) is 5.75 Å². The van der Waals surface area contributed by atoms with Crippen LogP contribution in [0.15, 0.2) is 18.2 Å². The van der Waals surface area contributed by atoms with Crippen LogP contribution in [-0.4, -0.2) is 43.7 Å². The van der Waals surface area contributed by atoms with Gasteiger partial charge >= 0.3 is 0 Å². The van der Waals surface area contributed by atoms with E-state index in [1.165, 1.54) is 11.3 Å². The van der Waals surface area contributed by atoms with Crippen molar-refractivity contribution in [3.8, 4) is 5.75 Å². The second-order valence-electron chi connectivity index (χ2n) is 6.34. The molecule has 0 spiro atoms. The third-order valence-corrected chi connectivity index (χ3v) is 4.08. The summed E-state index contributed by atoms with van der Waals surface area (Å²) in [4.78, 5) is 4.96. The molecular formula is C16H27N3O. The Kier molecular flexibility index (Phi) is 4.55. The smallest absolute Gasteiger partial charge is 0.120 e. The van der Waals surface area contributed by atoms with Gasteiger partial charge in [-0.25, -0.2) is 0 Å². The number of nitrogens with zero attached hydrogens (tertiary/aromatic N) is 2. The maximum atomic E-state index is 5.87. The minimum atomic E-state index is 0.247. The van der Waals surface area contributed by atoms with Crippen LogP contribution in [0.1, 0.15) is 26.3 Å². The number of benzene rings is 1. The predicted molar refractivity (Wildman–Crippen MR) is 84.4 cm³/mol. The molecule has 0 atom stereocenters. The molecule has 2 rings (SSSR count). The zero-order valence-corrected chi connectivity index (χ0v) is 13.1. The number of methoxy groups -OCH3 is 1. The summed E-state index contributed by atoms with van der Waals surface area (Å²) in [5.41, 5.74) is 8.53. The van der Waals surface area contributed by atoms with E-state index in [4.69, 9.17) is 10.5 Å². The zero-order chi connectivity index (χ0) is 14.8. The molecule has 20 heavy (non-hydrogen) atoms. The molecular weight excluding hydrogens is 250 g/mol. The molecule has 112 valence electrons. The first-order valence-electron chi connectivity index (χ1n) is 7.32. The van der Waals surface area contributed by atoms with E-state index in [-0.39, 0.29) is 5.54 Å². The van der Waals surface area contributed by atoms with E-state index in [0.29, 0.717) is 6.54 Å². The highest BCUT2D eigenvalue weighted by Gasteiger charge is 2.26. The normalized spacial score (nSPS) is 17.4. The van der Waals surface area contributed by atoms with Gasteiger partial charge in [-0.3, -0.25) is 4.90 Å². The first kappa shape index (κ1) is 15.1. The number of ether oxygens (including phenoxy) is 1. The highest BCUT2D eigenvalue weighted by molar-refractivity contribution is 5.57. The lowest BCUT2D eigenvalue weighted by molar-refractivity contribution is 0.128. The molecule has 0 aromatic heterocycles. The second-order valence-corrected chi connectivity index (χ2v) is 6.34. The molecule has 0 aliphatic carbocycles. The van der Waals surface area contributed by atoms with Crippen LogP contribution in [0.3, 0.4) is 0 Å². The molecule has 4 nitrogen and oxygen atoms in total. The maximum absolute atomic E-state index is 5.87. The summed E-state index contributed by atoms with van der Waals surface area (Å²) < 4.78 is 5.34. The third-order valence-electron chi connectivity index (χ3n) is 4.08. The van der Waals surface area contributed by atoms with Crippen molar-refractivity contribution in [2.75, 3.05) is 38.2 Å². The quantitative estimate of drug-likeness (QED) is 0.918. The SMILES string of the molecule is COc1ccc(CN)c(N2CCN(C(C)(C)C)CC2)c1. The minimum absolute atomic E-state index is 0.247. The Morgan fingerprint density at radius 2 is 1.80 bits per heavy atom. The van der Waals surface area contributed by atoms with Crippen LogP contribution in [-0.2, 0) is 6.54 Å². The highest BCUT2D eigenvalue weighted by atomic mass is 16.5. The van der Waals surface area contributed by atoms with Crippen LogP contribution in [0.4, 0.5) is 5.69 Å². The topological polar surface area (TPSA) is 41.7 Å². The zero-order valence-electron chi connectivity index (χ0n) is 13.1. The van der Waals surface area contributed by atoms with E-state index in [0.717, 1.165) is 31.9 Å². The molecule has 1 aliphatic heterocycles. The first-order valence-corrected chi connectivity index (χ1v) is 7.32. The van der Waals surface area contributed by atoms with Crippen molar-refractivity contribution >= 4 is 5.69 Å². The number of nitrogens with two attached hydrogens (primary N) is 1. The van der Waals surface area contributed by atoms with E-state index >= 15 is 0 Å². The van der Waals surface area contributed by atoms with E-state index in [2.05, 4.69) is 42.7 Å². The molecule has 1 aliphatic rings. The van der Waals surface area contributed by atoms with Crippen molar-refractivity contribution in [2.45, 2.75) is 32.9 Å². The molecule has 0 saturated carbocycles. The lowest BCUT2D eigenvalue weighted by Gasteiger charge is -2.43. The largest absolute Gasteiger partial charge is 0.497 e. The molecule has 1 heterocycles. The van der Waals surface area contributed by atoms with Gasteiger partial charge in [-0.05, 0) is 32.4 Å². The summed E-state index contributed by atoms with van der Waals surface area (Å²) >= 11 is 0. The fourth-order valence-corrected chi connectivity index (χ4v) is 2.76. The molecule has 0 unspecified atom stereocenters. The summed E-state index contributed by atoms with van der Waals surface area (Å²) in [7, 11) is 1.71. The number of piperazine rings is 1. The molecule has 1 aromatic rings. The van der Waals surface area contributed by atoms with Crippen LogP contribution < -0.4 is 15.4 Å². The van der Waals surface area contributed by atoms with Gasteiger partial charge in [0.15, 0.2) is 0 Å². The van der Waals surface area contributed by atoms with Crippen LogP contribution >= 0.6 is 0 Å². The van der Waals surface area contributed by atoms with E-state index in [9.17, 15) is 0 Å². The Morgan fingerprint density at radius 3 is 2.30 bits per heavy atom. The average molecular weight is 277 g/mol. The van der Waals surface area contributed by atoms with E-state index in [1.54, 1.807) is 7.11 Å². The molecule has 1 fully saturated rings. The number of anilines is 1. The Labute approximate surface area is 122 Å². The summed E-state index contributed by atoms with van der Waals surface area (Å²) in [6.45, 7) is 11.7. The first-order chi connectivity index (χ1) is 9.45. The monoisotopic (exact) mass is 277 g/mol. The molecule has 0 radical (unpaired) electrons. The van der Waals surface area contributed by atoms with Crippen LogP contribution in [0, 0.1) is 0 Å². The Balaban J connectivity index is 2.13. The highest BCUT2D eigenvalue weighted by Crippen LogP contribution is 2.28. The van der Waals surface area contributed by atoms with Gasteiger partial charge < -0.3 is 15.4 Å². The molecule has 2 N–H and O–H groups in total. The van der Waals surface area contributed by atoms with Gasteiger partial charge in [0.05, 0.1) is 7.11 Å². The van der Waals surface area contributed by atoms with Crippen molar-refractivity contribution in [1.29, 1.82) is 0 Å². The van der Waals surface area contributed by atoms with Gasteiger partial charge in [-0.15, -0.1) is 0 Å². The Morgan fingerprint density at radius 1 is 1.15 bits per heavy atom. The Hall–Kier alpha value is -1.26. The maximum Gasteiger partial charge on any atom is 0.120 e. The predicted octanol–water partition coefficient (Wildman–Crippen LogP) is 2.07. The second kappa shape index (κ2) is 6.02. The minimum Gasteiger partial charge on any atom is -0.497 e. The van der Waals surface area contributed by atoms with Gasteiger partial charge in [0.2, 0.25) is 0 Å². The van der Waals surface area contributed by atoms with Crippen molar-refractivity contribution in [2.24, 2.45) is 5.73 Å². The van der Waals surface area contributed by atoms with E-state index < -0.39 is 0 Å². The van der Waals surface area contributed by atoms with Crippen LogP contribution in [0.25, 0.3) is 0 Å². The molecule has 1 aromatic carbocycles. The number of rotatable bonds is 3. The van der Waals surface area contributed by atoms with Crippen molar-refractivity contribution in [3.05, 3.63) is 23.8 Å². The lowest BCUT2D eigenvalue weighted by Crippen LogP contribution is -2.53. The summed E-state index contributed by atoms with van der Waals surface area (Å²) in [5, 5.41) is 0. The van der Waals surface area contributed by atoms with E-state index in [1.807, 2.05) is 6.07 Å². The third kappa shape index (κ3) is 3.25. The number of hydrogen-bond acceptors (Lipinski definition) is 4. The summed E-state index contributed by atoms with van der Waals surface area (Å²) in [5.74, 6) is 0.899. The van der Waals surface area contributed by atoms with Crippen molar-refractivity contribution < 1.29 is 4.74 Å².